The summed E-state index contributed by atoms with van der Waals surface area (Å²) in [5.74, 6) is -0.316. The first-order valence-corrected chi connectivity index (χ1v) is 9.57. The van der Waals surface area contributed by atoms with Crippen molar-refractivity contribution in [2.24, 2.45) is 7.05 Å². The number of benzene rings is 2. The summed E-state index contributed by atoms with van der Waals surface area (Å²) in [7, 11) is 3.96. The number of aryl methyl sites for hydroxylation is 1. The molecule has 5 rings (SSSR count). The smallest absolute Gasteiger partial charge is 0.322 e. The first-order valence-electron chi connectivity index (χ1n) is 9.57. The van der Waals surface area contributed by atoms with Gasteiger partial charge < -0.3 is 14.5 Å². The fourth-order valence-corrected chi connectivity index (χ4v) is 3.71. The summed E-state index contributed by atoms with van der Waals surface area (Å²) in [6.07, 6.45) is 3.47. The highest BCUT2D eigenvalue weighted by molar-refractivity contribution is 6.02. The molecule has 7 nitrogen and oxygen atoms in total. The molecular weight excluding hydrogens is 371 g/mol. The van der Waals surface area contributed by atoms with Crippen LogP contribution >= 0.6 is 0 Å². The van der Waals surface area contributed by atoms with Crippen LogP contribution in [0, 0.1) is 5.82 Å². The number of nitrogens with zero attached hydrogens (tertiary/aromatic N) is 6. The molecule has 3 heterocycles. The molecular formula is C21H21FN6O. The largest absolute Gasteiger partial charge is 0.421 e. The molecule has 2 aromatic heterocycles. The summed E-state index contributed by atoms with van der Waals surface area (Å²) in [6, 6.07) is 9.06. The van der Waals surface area contributed by atoms with Crippen molar-refractivity contribution in [3.05, 3.63) is 48.5 Å². The Balaban J connectivity index is 1.44. The molecule has 0 N–H and O–H groups in total. The highest BCUT2D eigenvalue weighted by Gasteiger charge is 2.17. The molecule has 0 unspecified atom stereocenters. The topological polar surface area (TPSA) is 59.3 Å². The molecule has 1 fully saturated rings. The van der Waals surface area contributed by atoms with Gasteiger partial charge in [-0.2, -0.15) is 10.1 Å². The lowest BCUT2D eigenvalue weighted by Crippen LogP contribution is -2.44. The van der Waals surface area contributed by atoms with Crippen molar-refractivity contribution < 1.29 is 9.13 Å². The molecule has 1 aliphatic heterocycles. The molecule has 0 saturated carbocycles. The van der Waals surface area contributed by atoms with Gasteiger partial charge in [0.2, 0.25) is 0 Å². The summed E-state index contributed by atoms with van der Waals surface area (Å²) in [5.41, 5.74) is 2.47. The van der Waals surface area contributed by atoms with E-state index in [-0.39, 0.29) is 11.8 Å². The van der Waals surface area contributed by atoms with Crippen molar-refractivity contribution in [2.45, 2.75) is 0 Å². The number of hydrogen-bond donors (Lipinski definition) is 0. The van der Waals surface area contributed by atoms with Gasteiger partial charge in [0.05, 0.1) is 11.7 Å². The zero-order valence-corrected chi connectivity index (χ0v) is 16.3. The van der Waals surface area contributed by atoms with Crippen molar-refractivity contribution in [3.8, 4) is 11.8 Å². The number of hydrogen-bond acceptors (Lipinski definition) is 6. The molecule has 8 heteroatoms. The van der Waals surface area contributed by atoms with Crippen molar-refractivity contribution in [1.29, 1.82) is 0 Å². The maximum Gasteiger partial charge on any atom is 0.322 e. The number of rotatable bonds is 3. The molecule has 0 amide bonds. The van der Waals surface area contributed by atoms with Gasteiger partial charge in [-0.1, -0.05) is 12.1 Å². The predicted molar refractivity (Wildman–Crippen MR) is 110 cm³/mol. The second-order valence-electron chi connectivity index (χ2n) is 7.37. The van der Waals surface area contributed by atoms with Gasteiger partial charge in [-0.25, -0.2) is 9.37 Å². The Labute approximate surface area is 167 Å². The minimum absolute atomic E-state index is 0.109. The number of likely N-dealkylation sites (N-methyl/N-ethyl adjacent to an activating group) is 1. The second-order valence-corrected chi connectivity index (χ2v) is 7.37. The van der Waals surface area contributed by atoms with E-state index >= 15 is 0 Å². The minimum atomic E-state index is -0.427. The summed E-state index contributed by atoms with van der Waals surface area (Å²) in [6.45, 7) is 3.69. The summed E-state index contributed by atoms with van der Waals surface area (Å²) < 4.78 is 22.2. The van der Waals surface area contributed by atoms with Crippen LogP contribution in [0.1, 0.15) is 0 Å². The number of halogens is 1. The maximum atomic E-state index is 14.7. The lowest BCUT2D eigenvalue weighted by atomic mass is 10.2. The Morgan fingerprint density at radius 2 is 1.76 bits per heavy atom. The van der Waals surface area contributed by atoms with Crippen LogP contribution in [-0.4, -0.2) is 57.9 Å². The normalized spacial score (nSPS) is 15.3. The average Bonchev–Trinajstić information content (AvgIpc) is 3.11. The van der Waals surface area contributed by atoms with Gasteiger partial charge in [-0.3, -0.25) is 4.68 Å². The predicted octanol–water partition coefficient (Wildman–Crippen LogP) is 3.20. The molecule has 29 heavy (non-hydrogen) atoms. The Bertz CT molecular complexity index is 1200. The van der Waals surface area contributed by atoms with Crippen molar-refractivity contribution >= 4 is 27.5 Å². The molecule has 0 bridgehead atoms. The third kappa shape index (κ3) is 3.25. The first-order chi connectivity index (χ1) is 14.1. The standard InChI is InChI=1S/C21H21FN6O/c1-26-7-9-28(10-8-26)16-5-6-18(17(22)11-16)29-21-23-12-14-3-4-15-13-24-27(2)20(15)19(14)25-21/h3-6,11-13H,7-10H2,1-2H3. The fraction of sp³-hybridized carbons (Fsp3) is 0.286. The van der Waals surface area contributed by atoms with E-state index in [1.54, 1.807) is 23.1 Å². The highest BCUT2D eigenvalue weighted by atomic mass is 19.1. The van der Waals surface area contributed by atoms with Crippen LogP contribution in [0.2, 0.25) is 0 Å². The average molecular weight is 392 g/mol. The van der Waals surface area contributed by atoms with Gasteiger partial charge in [-0.15, -0.1) is 0 Å². The van der Waals surface area contributed by atoms with Gasteiger partial charge in [0.15, 0.2) is 11.6 Å². The third-order valence-electron chi connectivity index (χ3n) is 5.41. The van der Waals surface area contributed by atoms with E-state index < -0.39 is 5.82 Å². The van der Waals surface area contributed by atoms with Crippen LogP contribution in [0.5, 0.6) is 11.8 Å². The summed E-state index contributed by atoms with van der Waals surface area (Å²) >= 11 is 0. The molecule has 0 radical (unpaired) electrons. The van der Waals surface area contributed by atoms with E-state index in [2.05, 4.69) is 31.9 Å². The number of ether oxygens (including phenoxy) is 1. The number of aromatic nitrogens is 4. The van der Waals surface area contributed by atoms with Crippen molar-refractivity contribution in [1.82, 2.24) is 24.6 Å². The van der Waals surface area contributed by atoms with Gasteiger partial charge >= 0.3 is 6.01 Å². The Morgan fingerprint density at radius 1 is 0.966 bits per heavy atom. The van der Waals surface area contributed by atoms with Crippen LogP contribution in [0.4, 0.5) is 10.1 Å². The van der Waals surface area contributed by atoms with E-state index in [1.807, 2.05) is 25.2 Å². The maximum absolute atomic E-state index is 14.7. The quantitative estimate of drug-likeness (QED) is 0.534. The summed E-state index contributed by atoms with van der Waals surface area (Å²) in [5, 5.41) is 6.13. The monoisotopic (exact) mass is 392 g/mol. The fourth-order valence-electron chi connectivity index (χ4n) is 3.71. The van der Waals surface area contributed by atoms with Crippen LogP contribution in [0.3, 0.4) is 0 Å². The van der Waals surface area contributed by atoms with E-state index in [4.69, 9.17) is 4.74 Å². The van der Waals surface area contributed by atoms with Gasteiger partial charge in [0, 0.05) is 61.9 Å². The zero-order chi connectivity index (χ0) is 20.0. The molecule has 0 aliphatic carbocycles. The minimum Gasteiger partial charge on any atom is -0.421 e. The van der Waals surface area contributed by atoms with Crippen LogP contribution < -0.4 is 9.64 Å². The first kappa shape index (κ1) is 17.8. The zero-order valence-electron chi connectivity index (χ0n) is 16.3. The molecule has 0 spiro atoms. The van der Waals surface area contributed by atoms with E-state index in [1.165, 1.54) is 6.07 Å². The lowest BCUT2D eigenvalue weighted by Gasteiger charge is -2.34. The molecule has 148 valence electrons. The number of piperazine rings is 1. The number of fused-ring (bicyclic) bond motifs is 3. The Kier molecular flexibility index (Phi) is 4.28. The second kappa shape index (κ2) is 6.97. The Morgan fingerprint density at radius 3 is 2.55 bits per heavy atom. The molecule has 1 aliphatic rings. The van der Waals surface area contributed by atoms with Gasteiger partial charge in [0.25, 0.3) is 0 Å². The molecule has 4 aromatic rings. The Hall–Kier alpha value is -3.26. The van der Waals surface area contributed by atoms with E-state index in [0.29, 0.717) is 0 Å². The van der Waals surface area contributed by atoms with Gasteiger partial charge in [0.1, 0.15) is 5.52 Å². The van der Waals surface area contributed by atoms with Crippen LogP contribution in [-0.2, 0) is 7.05 Å². The highest BCUT2D eigenvalue weighted by Crippen LogP contribution is 2.29. The van der Waals surface area contributed by atoms with Crippen molar-refractivity contribution in [3.63, 3.8) is 0 Å². The van der Waals surface area contributed by atoms with Crippen LogP contribution in [0.25, 0.3) is 21.8 Å². The molecule has 1 saturated heterocycles. The van der Waals surface area contributed by atoms with Crippen LogP contribution in [0.15, 0.2) is 42.7 Å². The summed E-state index contributed by atoms with van der Waals surface area (Å²) in [4.78, 5) is 13.2. The number of anilines is 1. The van der Waals surface area contributed by atoms with Crippen molar-refractivity contribution in [2.75, 3.05) is 38.1 Å². The van der Waals surface area contributed by atoms with Gasteiger partial charge in [-0.05, 0) is 19.2 Å². The SMILES string of the molecule is CN1CCN(c2ccc(Oc3ncc4ccc5cnn(C)c5c4n3)c(F)c2)CC1. The third-order valence-corrected chi connectivity index (χ3v) is 5.41. The van der Waals surface area contributed by atoms with E-state index in [9.17, 15) is 4.39 Å². The van der Waals surface area contributed by atoms with E-state index in [0.717, 1.165) is 53.7 Å². The molecule has 0 atom stereocenters. The molecule has 2 aromatic carbocycles. The lowest BCUT2D eigenvalue weighted by molar-refractivity contribution is 0.312.